The Labute approximate surface area is 126 Å². The van der Waals surface area contributed by atoms with Crippen LogP contribution in [0, 0.1) is 0 Å². The van der Waals surface area contributed by atoms with Gasteiger partial charge in [-0.2, -0.15) is 0 Å². The summed E-state index contributed by atoms with van der Waals surface area (Å²) in [5, 5.41) is 0.522. The number of halogens is 3. The topological polar surface area (TPSA) is 34.7 Å². The average Bonchev–Trinajstić information content (AvgIpc) is 2.66. The molecular weight excluding hydrogens is 385 g/mol. The second-order valence-corrected chi connectivity index (χ2v) is 5.33. The Morgan fingerprint density at radius 2 is 2.11 bits per heavy atom. The van der Waals surface area contributed by atoms with Crippen LogP contribution in [0.15, 0.2) is 42.8 Å². The minimum absolute atomic E-state index is 0.522. The molecule has 2 aromatic rings. The van der Waals surface area contributed by atoms with Crippen LogP contribution in [0.25, 0.3) is 0 Å². The molecule has 3 nitrogen and oxygen atoms in total. The fourth-order valence-electron chi connectivity index (χ4n) is 1.30. The minimum atomic E-state index is 0.522. The van der Waals surface area contributed by atoms with E-state index in [1.807, 2.05) is 12.1 Å². The largest absolute Gasteiger partial charge is 0.495 e. The summed E-state index contributed by atoms with van der Waals surface area (Å²) in [7, 11) is 1.57. The zero-order chi connectivity index (χ0) is 13.1. The van der Waals surface area contributed by atoms with Gasteiger partial charge in [-0.1, -0.05) is 11.6 Å². The number of benzene rings is 1. The summed E-state index contributed by atoms with van der Waals surface area (Å²) in [4.78, 5) is 4.27. The van der Waals surface area contributed by atoms with E-state index in [1.54, 1.807) is 25.5 Å². The first-order valence-corrected chi connectivity index (χ1v) is 6.89. The fraction of sp³-hybridized carbons (Fsp3) is 0.0833. The first-order chi connectivity index (χ1) is 8.60. The predicted octanol–water partition coefficient (Wildman–Crippen LogP) is 5.22. The van der Waals surface area contributed by atoms with Gasteiger partial charge in [-0.3, -0.25) is 4.99 Å². The Hall–Kier alpha value is -0.780. The van der Waals surface area contributed by atoms with Crippen molar-refractivity contribution in [3.05, 3.63) is 44.2 Å². The van der Waals surface area contributed by atoms with Gasteiger partial charge < -0.3 is 9.15 Å². The summed E-state index contributed by atoms with van der Waals surface area (Å²) < 4.78 is 11.9. The number of ether oxygens (including phenoxy) is 1. The van der Waals surface area contributed by atoms with E-state index in [1.165, 1.54) is 0 Å². The zero-order valence-electron chi connectivity index (χ0n) is 9.28. The number of rotatable bonds is 3. The van der Waals surface area contributed by atoms with Crippen molar-refractivity contribution in [3.63, 3.8) is 0 Å². The predicted molar refractivity (Wildman–Crippen MR) is 79.4 cm³/mol. The molecule has 0 aliphatic carbocycles. The molecule has 0 saturated carbocycles. The average molecular weight is 393 g/mol. The molecule has 0 atom stereocenters. The minimum Gasteiger partial charge on any atom is -0.495 e. The van der Waals surface area contributed by atoms with Crippen molar-refractivity contribution in [2.45, 2.75) is 0 Å². The van der Waals surface area contributed by atoms with Gasteiger partial charge in [-0.05, 0) is 50.1 Å². The molecule has 18 heavy (non-hydrogen) atoms. The van der Waals surface area contributed by atoms with Gasteiger partial charge >= 0.3 is 0 Å². The first-order valence-electron chi connectivity index (χ1n) is 4.92. The highest BCUT2D eigenvalue weighted by Crippen LogP contribution is 2.29. The van der Waals surface area contributed by atoms with E-state index >= 15 is 0 Å². The van der Waals surface area contributed by atoms with Gasteiger partial charge in [0, 0.05) is 6.07 Å². The van der Waals surface area contributed by atoms with Crippen LogP contribution in [-0.4, -0.2) is 13.3 Å². The molecule has 6 heteroatoms. The summed E-state index contributed by atoms with van der Waals surface area (Å²) >= 11 is 12.6. The third kappa shape index (κ3) is 3.16. The number of nitrogens with zero attached hydrogens (tertiary/aromatic N) is 1. The molecule has 0 bridgehead atoms. The highest BCUT2D eigenvalue weighted by atomic mass is 79.9. The lowest BCUT2D eigenvalue weighted by molar-refractivity contribution is 0.415. The maximum atomic E-state index is 6.00. The summed E-state index contributed by atoms with van der Waals surface area (Å²) in [6.07, 6.45) is 1.62. The van der Waals surface area contributed by atoms with Crippen LogP contribution in [-0.2, 0) is 0 Å². The maximum Gasteiger partial charge on any atom is 0.184 e. The lowest BCUT2D eigenvalue weighted by atomic mass is 10.3. The lowest BCUT2D eigenvalue weighted by Gasteiger charge is -2.02. The SMILES string of the molecule is COc1ccc(N=Cc2cc(Br)c(Br)o2)cc1Cl. The highest BCUT2D eigenvalue weighted by molar-refractivity contribution is 9.13. The molecule has 0 aliphatic heterocycles. The maximum absolute atomic E-state index is 6.00. The Morgan fingerprint density at radius 3 is 2.67 bits per heavy atom. The van der Waals surface area contributed by atoms with Gasteiger partial charge in [0.2, 0.25) is 0 Å². The van der Waals surface area contributed by atoms with Crippen LogP contribution < -0.4 is 4.74 Å². The van der Waals surface area contributed by atoms with Gasteiger partial charge in [0.05, 0.1) is 28.5 Å². The summed E-state index contributed by atoms with van der Waals surface area (Å²) in [5.41, 5.74) is 0.726. The molecule has 0 amide bonds. The molecule has 0 fully saturated rings. The van der Waals surface area contributed by atoms with E-state index in [9.17, 15) is 0 Å². The highest BCUT2D eigenvalue weighted by Gasteiger charge is 2.04. The summed E-state index contributed by atoms with van der Waals surface area (Å²) in [6, 6.07) is 7.12. The quantitative estimate of drug-likeness (QED) is 0.671. The molecule has 0 unspecified atom stereocenters. The molecule has 0 aliphatic rings. The van der Waals surface area contributed by atoms with E-state index < -0.39 is 0 Å². The molecule has 1 aromatic carbocycles. The van der Waals surface area contributed by atoms with Crippen molar-refractivity contribution >= 4 is 55.4 Å². The molecule has 1 heterocycles. The van der Waals surface area contributed by atoms with Crippen molar-refractivity contribution < 1.29 is 9.15 Å². The molecule has 94 valence electrons. The van der Waals surface area contributed by atoms with Gasteiger partial charge in [0.25, 0.3) is 0 Å². The van der Waals surface area contributed by atoms with Crippen molar-refractivity contribution in [2.24, 2.45) is 4.99 Å². The molecule has 1 aromatic heterocycles. The number of methoxy groups -OCH3 is 1. The third-order valence-electron chi connectivity index (χ3n) is 2.14. The normalized spacial score (nSPS) is 11.1. The van der Waals surface area contributed by atoms with E-state index in [2.05, 4.69) is 36.9 Å². The van der Waals surface area contributed by atoms with Gasteiger partial charge in [0.15, 0.2) is 4.67 Å². The van der Waals surface area contributed by atoms with Gasteiger partial charge in [-0.25, -0.2) is 0 Å². The van der Waals surface area contributed by atoms with Crippen LogP contribution in [0.2, 0.25) is 5.02 Å². The summed E-state index contributed by atoms with van der Waals surface area (Å²) in [6.45, 7) is 0. The van der Waals surface area contributed by atoms with Crippen molar-refractivity contribution in [2.75, 3.05) is 7.11 Å². The van der Waals surface area contributed by atoms with Crippen molar-refractivity contribution in [1.29, 1.82) is 0 Å². The van der Waals surface area contributed by atoms with E-state index in [0.29, 0.717) is 21.2 Å². The van der Waals surface area contributed by atoms with Gasteiger partial charge in [0.1, 0.15) is 11.5 Å². The Morgan fingerprint density at radius 1 is 1.33 bits per heavy atom. The van der Waals surface area contributed by atoms with Crippen LogP contribution in [0.3, 0.4) is 0 Å². The molecule has 0 radical (unpaired) electrons. The van der Waals surface area contributed by atoms with E-state index in [4.69, 9.17) is 20.8 Å². The van der Waals surface area contributed by atoms with Crippen LogP contribution in [0.4, 0.5) is 5.69 Å². The lowest BCUT2D eigenvalue weighted by Crippen LogP contribution is -1.82. The molecule has 2 rings (SSSR count). The van der Waals surface area contributed by atoms with E-state index in [0.717, 1.165) is 10.2 Å². The fourth-order valence-corrected chi connectivity index (χ4v) is 2.16. The monoisotopic (exact) mass is 391 g/mol. The first kappa shape index (κ1) is 13.6. The molecule has 0 spiro atoms. The molecule has 0 saturated heterocycles. The van der Waals surface area contributed by atoms with Crippen LogP contribution in [0.1, 0.15) is 5.76 Å². The second-order valence-electron chi connectivity index (χ2n) is 3.35. The smallest absolute Gasteiger partial charge is 0.184 e. The van der Waals surface area contributed by atoms with Crippen LogP contribution >= 0.6 is 43.5 Å². The Kier molecular flexibility index (Phi) is 4.48. The Balaban J connectivity index is 2.21. The molecule has 0 N–H and O–H groups in total. The number of aliphatic imine (C=N–C) groups is 1. The van der Waals surface area contributed by atoms with Crippen molar-refractivity contribution in [3.8, 4) is 5.75 Å². The van der Waals surface area contributed by atoms with E-state index in [-0.39, 0.29) is 0 Å². The second kappa shape index (κ2) is 5.91. The number of hydrogen-bond donors (Lipinski definition) is 0. The van der Waals surface area contributed by atoms with Crippen LogP contribution in [0.5, 0.6) is 5.75 Å². The molecular formula is C12H8Br2ClNO2. The zero-order valence-corrected chi connectivity index (χ0v) is 13.2. The number of hydrogen-bond acceptors (Lipinski definition) is 3. The standard InChI is InChI=1S/C12H8Br2ClNO2/c1-17-11-3-2-7(4-10(11)15)16-6-8-5-9(13)12(14)18-8/h2-6H,1H3. The Bertz CT molecular complexity index is 576. The summed E-state index contributed by atoms with van der Waals surface area (Å²) in [5.74, 6) is 1.26. The van der Waals surface area contributed by atoms with Gasteiger partial charge in [-0.15, -0.1) is 0 Å². The third-order valence-corrected chi connectivity index (χ3v) is 4.15. The number of furan rings is 1. The van der Waals surface area contributed by atoms with Crippen molar-refractivity contribution in [1.82, 2.24) is 0 Å².